The third-order valence-electron chi connectivity index (χ3n) is 13.9. The molecular weight excluding hydrogens is 684 g/mol. The van der Waals surface area contributed by atoms with Crippen molar-refractivity contribution in [1.82, 2.24) is 0 Å². The van der Waals surface area contributed by atoms with E-state index in [1.165, 1.54) is 50.3 Å². The molecule has 56 heavy (non-hydrogen) atoms. The molecule has 0 N–H and O–H groups in total. The Morgan fingerprint density at radius 2 is 1.12 bits per heavy atom. The average Bonchev–Trinajstić information content (AvgIpc) is 3.57. The van der Waals surface area contributed by atoms with Crippen molar-refractivity contribution in [1.29, 1.82) is 0 Å². The summed E-state index contributed by atoms with van der Waals surface area (Å²) in [6.45, 7) is 18.6. The van der Waals surface area contributed by atoms with Crippen molar-refractivity contribution in [2.75, 3.05) is 14.7 Å². The molecule has 0 radical (unpaired) electrons. The van der Waals surface area contributed by atoms with Gasteiger partial charge in [-0.3, -0.25) is 0 Å². The molecule has 1 fully saturated rings. The maximum absolute atomic E-state index is 15.2. The fourth-order valence-electron chi connectivity index (χ4n) is 10.7. The lowest BCUT2D eigenvalue weighted by Gasteiger charge is -2.47. The zero-order valence-corrected chi connectivity index (χ0v) is 34.0. The molecule has 2 unspecified atom stereocenters. The van der Waals surface area contributed by atoms with Gasteiger partial charge in [0.25, 0.3) is 6.71 Å². The lowest BCUT2D eigenvalue weighted by molar-refractivity contribution is 0.330. The number of benzene rings is 6. The van der Waals surface area contributed by atoms with E-state index >= 15 is 4.39 Å². The smallest absolute Gasteiger partial charge is 0.252 e. The second kappa shape index (κ2) is 11.9. The standard InChI is InChI=1S/C51H51BFN3/c1-48(2,3)33-19-23-37(24-20-33)55-44-25-21-34(49(4,5)6)29-41(44)52-40-17-12-13-18-43(40)54(36-15-10-9-11-16-36)45-31-38(32-46(55)47(45)52)56-42-26-22-35(53)30-39(42)50(7)27-14-28-51(50,56)8/h9-13,15-26,29-32H,14,27-28H2,1-8H3. The van der Waals surface area contributed by atoms with Gasteiger partial charge in [-0.05, 0) is 130 Å². The van der Waals surface area contributed by atoms with E-state index in [1.54, 1.807) is 6.07 Å². The monoisotopic (exact) mass is 735 g/mol. The van der Waals surface area contributed by atoms with Crippen LogP contribution in [0.1, 0.15) is 91.3 Å². The average molecular weight is 736 g/mol. The molecule has 2 atom stereocenters. The highest BCUT2D eigenvalue weighted by Crippen LogP contribution is 2.63. The van der Waals surface area contributed by atoms with Crippen molar-refractivity contribution in [2.24, 2.45) is 0 Å². The fraction of sp³-hybridized carbons (Fsp3) is 0.294. The summed E-state index contributed by atoms with van der Waals surface area (Å²) in [6.07, 6.45) is 3.19. The van der Waals surface area contributed by atoms with Gasteiger partial charge in [-0.15, -0.1) is 0 Å². The van der Waals surface area contributed by atoms with E-state index in [0.29, 0.717) is 0 Å². The highest BCUT2D eigenvalue weighted by atomic mass is 19.1. The molecule has 0 spiro atoms. The Balaban J connectivity index is 1.32. The SMILES string of the molecule is CC(C)(C)c1ccc(N2c3ccc(C(C)(C)C)cc3B3c4ccccc4N(c4ccccc4)c4cc(N5c6ccc(F)cc6C6(C)CCCC56C)cc2c43)cc1. The van der Waals surface area contributed by atoms with E-state index in [-0.39, 0.29) is 34.3 Å². The van der Waals surface area contributed by atoms with Crippen LogP contribution in [-0.4, -0.2) is 12.3 Å². The Labute approximate surface area is 332 Å². The van der Waals surface area contributed by atoms with E-state index in [9.17, 15) is 0 Å². The Morgan fingerprint density at radius 1 is 0.536 bits per heavy atom. The molecule has 4 aliphatic rings. The molecule has 0 aromatic heterocycles. The number of para-hydroxylation sites is 2. The van der Waals surface area contributed by atoms with Crippen LogP contribution in [0.25, 0.3) is 0 Å². The Kier molecular flexibility index (Phi) is 7.45. The maximum Gasteiger partial charge on any atom is 0.252 e. The quantitative estimate of drug-likeness (QED) is 0.167. The van der Waals surface area contributed by atoms with Gasteiger partial charge in [0.05, 0.1) is 5.54 Å². The molecule has 10 rings (SSSR count). The maximum atomic E-state index is 15.2. The third kappa shape index (κ3) is 4.88. The van der Waals surface area contributed by atoms with E-state index in [4.69, 9.17) is 0 Å². The summed E-state index contributed by atoms with van der Waals surface area (Å²) < 4.78 is 15.2. The van der Waals surface area contributed by atoms with Crippen molar-refractivity contribution in [3.8, 4) is 0 Å². The first-order valence-corrected chi connectivity index (χ1v) is 20.5. The van der Waals surface area contributed by atoms with Crippen LogP contribution in [0.5, 0.6) is 0 Å². The largest absolute Gasteiger partial charge is 0.334 e. The highest BCUT2D eigenvalue weighted by Gasteiger charge is 2.60. The number of fused-ring (bicyclic) bond motifs is 7. The lowest BCUT2D eigenvalue weighted by Crippen LogP contribution is -2.61. The molecule has 6 aromatic rings. The number of hydrogen-bond donors (Lipinski definition) is 0. The van der Waals surface area contributed by atoms with Crippen molar-refractivity contribution in [3.05, 3.63) is 150 Å². The molecule has 3 heterocycles. The van der Waals surface area contributed by atoms with Crippen LogP contribution >= 0.6 is 0 Å². The lowest BCUT2D eigenvalue weighted by atomic mass is 9.33. The first kappa shape index (κ1) is 35.2. The van der Waals surface area contributed by atoms with Gasteiger partial charge in [0.15, 0.2) is 0 Å². The highest BCUT2D eigenvalue weighted by molar-refractivity contribution is 7.00. The van der Waals surface area contributed by atoms with E-state index in [0.717, 1.165) is 47.6 Å². The first-order chi connectivity index (χ1) is 26.7. The Bertz CT molecular complexity index is 2550. The summed E-state index contributed by atoms with van der Waals surface area (Å²) in [5, 5.41) is 0. The second-order valence-electron chi connectivity index (χ2n) is 19.2. The van der Waals surface area contributed by atoms with Crippen LogP contribution in [0.3, 0.4) is 0 Å². The zero-order valence-electron chi connectivity index (χ0n) is 34.0. The summed E-state index contributed by atoms with van der Waals surface area (Å²) in [6, 6.07) is 46.7. The van der Waals surface area contributed by atoms with Crippen LogP contribution in [0.15, 0.2) is 127 Å². The molecule has 0 saturated heterocycles. The molecule has 1 saturated carbocycles. The minimum atomic E-state index is -0.221. The Hall–Kier alpha value is -5.29. The molecule has 3 nitrogen and oxygen atoms in total. The Morgan fingerprint density at radius 3 is 1.80 bits per heavy atom. The zero-order chi connectivity index (χ0) is 38.9. The van der Waals surface area contributed by atoms with Gasteiger partial charge >= 0.3 is 0 Å². The number of hydrogen-bond acceptors (Lipinski definition) is 3. The van der Waals surface area contributed by atoms with Gasteiger partial charge < -0.3 is 14.7 Å². The molecule has 6 aromatic carbocycles. The van der Waals surface area contributed by atoms with Crippen LogP contribution in [0, 0.1) is 5.82 Å². The molecule has 280 valence electrons. The van der Waals surface area contributed by atoms with E-state index in [2.05, 4.69) is 179 Å². The second-order valence-corrected chi connectivity index (χ2v) is 19.2. The number of nitrogens with zero attached hydrogens (tertiary/aromatic N) is 3. The summed E-state index contributed by atoms with van der Waals surface area (Å²) in [7, 11) is 0. The normalized spacial score (nSPS) is 20.7. The third-order valence-corrected chi connectivity index (χ3v) is 13.9. The van der Waals surface area contributed by atoms with Crippen molar-refractivity contribution in [3.63, 3.8) is 0 Å². The van der Waals surface area contributed by atoms with Crippen LogP contribution in [0.2, 0.25) is 0 Å². The van der Waals surface area contributed by atoms with Gasteiger partial charge in [0.1, 0.15) is 5.82 Å². The van der Waals surface area contributed by atoms with Gasteiger partial charge in [-0.25, -0.2) is 4.39 Å². The van der Waals surface area contributed by atoms with Crippen molar-refractivity contribution in [2.45, 2.75) is 96.4 Å². The van der Waals surface area contributed by atoms with Gasteiger partial charge in [-0.1, -0.05) is 116 Å². The molecule has 3 aliphatic heterocycles. The predicted molar refractivity (Wildman–Crippen MR) is 236 cm³/mol. The summed E-state index contributed by atoms with van der Waals surface area (Å²) in [4.78, 5) is 7.61. The molecule has 1 aliphatic carbocycles. The summed E-state index contributed by atoms with van der Waals surface area (Å²) in [5.74, 6) is -0.160. The topological polar surface area (TPSA) is 9.72 Å². The molecular formula is C51H51BFN3. The summed E-state index contributed by atoms with van der Waals surface area (Å²) in [5.41, 5.74) is 16.7. The van der Waals surface area contributed by atoms with Crippen molar-refractivity contribution >= 4 is 68.6 Å². The van der Waals surface area contributed by atoms with Crippen LogP contribution < -0.4 is 31.1 Å². The predicted octanol–water partition coefficient (Wildman–Crippen LogP) is 11.9. The summed E-state index contributed by atoms with van der Waals surface area (Å²) >= 11 is 0. The molecule has 0 amide bonds. The first-order valence-electron chi connectivity index (χ1n) is 20.5. The van der Waals surface area contributed by atoms with Gasteiger partial charge in [0, 0.05) is 50.9 Å². The van der Waals surface area contributed by atoms with Crippen LogP contribution in [0.4, 0.5) is 49.9 Å². The van der Waals surface area contributed by atoms with Crippen LogP contribution in [-0.2, 0) is 16.2 Å². The number of halogens is 1. The fourth-order valence-corrected chi connectivity index (χ4v) is 10.7. The number of rotatable bonds is 3. The minimum absolute atomic E-state index is 0.0164. The van der Waals surface area contributed by atoms with Gasteiger partial charge in [-0.2, -0.15) is 0 Å². The molecule has 0 bridgehead atoms. The molecule has 5 heteroatoms. The van der Waals surface area contributed by atoms with E-state index < -0.39 is 0 Å². The van der Waals surface area contributed by atoms with E-state index in [1.807, 2.05) is 12.1 Å². The van der Waals surface area contributed by atoms with Gasteiger partial charge in [0.2, 0.25) is 0 Å². The minimum Gasteiger partial charge on any atom is -0.334 e. The van der Waals surface area contributed by atoms with Crippen molar-refractivity contribution < 1.29 is 4.39 Å². The number of anilines is 8.